The number of carbonyl (C=O) groups is 2. The molecular weight excluding hydrogens is 342 g/mol. The summed E-state index contributed by atoms with van der Waals surface area (Å²) in [5.74, 6) is 0.481. The fourth-order valence-electron chi connectivity index (χ4n) is 3.20. The molecule has 3 amide bonds. The lowest BCUT2D eigenvalue weighted by Crippen LogP contribution is -2.43. The van der Waals surface area contributed by atoms with Gasteiger partial charge in [0.15, 0.2) is 0 Å². The molecule has 3 rings (SSSR count). The minimum absolute atomic E-state index is 0.0930. The molecule has 0 bridgehead atoms. The summed E-state index contributed by atoms with van der Waals surface area (Å²) in [7, 11) is 1.55. The van der Waals surface area contributed by atoms with Crippen molar-refractivity contribution in [2.45, 2.75) is 33.2 Å². The Kier molecular flexibility index (Phi) is 5.35. The van der Waals surface area contributed by atoms with Gasteiger partial charge in [0.25, 0.3) is 0 Å². The second-order valence-electron chi connectivity index (χ2n) is 6.90. The molecule has 142 valence electrons. The first-order valence-electron chi connectivity index (χ1n) is 9.00. The zero-order chi connectivity index (χ0) is 19.6. The first-order chi connectivity index (χ1) is 12.9. The van der Waals surface area contributed by atoms with E-state index in [1.165, 1.54) is 5.56 Å². The molecule has 0 aliphatic carbocycles. The third kappa shape index (κ3) is 4.05. The van der Waals surface area contributed by atoms with E-state index < -0.39 is 12.1 Å². The topological polar surface area (TPSA) is 70.7 Å². The number of methoxy groups -OCH3 is 1. The van der Waals surface area contributed by atoms with E-state index in [0.29, 0.717) is 24.4 Å². The summed E-state index contributed by atoms with van der Waals surface area (Å²) in [5.41, 5.74) is 4.77. The van der Waals surface area contributed by atoms with Crippen LogP contribution in [0.2, 0.25) is 0 Å². The Morgan fingerprint density at radius 2 is 1.89 bits per heavy atom. The Hall–Kier alpha value is -3.02. The Bertz CT molecular complexity index is 879. The van der Waals surface area contributed by atoms with Crippen molar-refractivity contribution in [3.8, 4) is 5.75 Å². The number of hydrogen-bond acceptors (Lipinski definition) is 3. The molecule has 0 spiro atoms. The van der Waals surface area contributed by atoms with E-state index in [4.69, 9.17) is 4.74 Å². The maximum Gasteiger partial charge on any atom is 0.319 e. The standard InChI is InChI=1S/C21H25N3O3/c1-13-5-8-19(27-4)18(11-13)23-21(26)22-17-9-10-24(20(17)25)16-7-6-14(2)15(3)12-16/h5-8,11-12,17H,9-10H2,1-4H3,(H2,22,23,26)/t17-/m1/s1. The number of carbonyl (C=O) groups excluding carboxylic acids is 2. The molecule has 27 heavy (non-hydrogen) atoms. The summed E-state index contributed by atoms with van der Waals surface area (Å²) >= 11 is 0. The highest BCUT2D eigenvalue weighted by molar-refractivity contribution is 6.02. The van der Waals surface area contributed by atoms with Crippen LogP contribution in [0.5, 0.6) is 5.75 Å². The van der Waals surface area contributed by atoms with Crippen LogP contribution in [0.3, 0.4) is 0 Å². The number of nitrogens with one attached hydrogen (secondary N) is 2. The smallest absolute Gasteiger partial charge is 0.319 e. The number of anilines is 2. The van der Waals surface area contributed by atoms with Gasteiger partial charge in [-0.1, -0.05) is 12.1 Å². The number of hydrogen-bond donors (Lipinski definition) is 2. The Labute approximate surface area is 159 Å². The molecule has 2 N–H and O–H groups in total. The molecule has 0 aromatic heterocycles. The van der Waals surface area contributed by atoms with Crippen LogP contribution >= 0.6 is 0 Å². The van der Waals surface area contributed by atoms with Gasteiger partial charge in [0.05, 0.1) is 12.8 Å². The van der Waals surface area contributed by atoms with Crippen molar-refractivity contribution in [1.29, 1.82) is 0 Å². The number of aryl methyl sites for hydroxylation is 3. The molecular formula is C21H25N3O3. The Morgan fingerprint density at radius 3 is 2.59 bits per heavy atom. The lowest BCUT2D eigenvalue weighted by Gasteiger charge is -2.19. The fraction of sp³-hybridized carbons (Fsp3) is 0.333. The van der Waals surface area contributed by atoms with Gasteiger partial charge in [-0.25, -0.2) is 4.79 Å². The van der Waals surface area contributed by atoms with Gasteiger partial charge in [0.1, 0.15) is 11.8 Å². The van der Waals surface area contributed by atoms with E-state index in [1.807, 2.05) is 51.1 Å². The van der Waals surface area contributed by atoms with E-state index >= 15 is 0 Å². The van der Waals surface area contributed by atoms with Crippen LogP contribution < -0.4 is 20.3 Å². The largest absolute Gasteiger partial charge is 0.495 e. The van der Waals surface area contributed by atoms with E-state index in [1.54, 1.807) is 18.1 Å². The highest BCUT2D eigenvalue weighted by atomic mass is 16.5. The molecule has 1 heterocycles. The van der Waals surface area contributed by atoms with Gasteiger partial charge >= 0.3 is 6.03 Å². The lowest BCUT2D eigenvalue weighted by atomic mass is 10.1. The molecule has 0 saturated carbocycles. The Morgan fingerprint density at radius 1 is 1.11 bits per heavy atom. The van der Waals surface area contributed by atoms with Gasteiger partial charge in [0, 0.05) is 12.2 Å². The first-order valence-corrected chi connectivity index (χ1v) is 9.00. The molecule has 1 fully saturated rings. The van der Waals surface area contributed by atoms with E-state index in [2.05, 4.69) is 10.6 Å². The van der Waals surface area contributed by atoms with E-state index in [9.17, 15) is 9.59 Å². The molecule has 0 unspecified atom stereocenters. The quantitative estimate of drug-likeness (QED) is 0.868. The average molecular weight is 367 g/mol. The van der Waals surface area contributed by atoms with Gasteiger partial charge in [-0.3, -0.25) is 4.79 Å². The third-order valence-electron chi connectivity index (χ3n) is 4.92. The summed E-state index contributed by atoms with van der Waals surface area (Å²) in [5, 5.41) is 5.55. The molecule has 1 aliphatic heterocycles. The van der Waals surface area contributed by atoms with Gasteiger partial charge < -0.3 is 20.3 Å². The fourth-order valence-corrected chi connectivity index (χ4v) is 3.20. The number of rotatable bonds is 4. The molecule has 2 aromatic carbocycles. The number of nitrogens with zero attached hydrogens (tertiary/aromatic N) is 1. The van der Waals surface area contributed by atoms with Gasteiger partial charge in [-0.2, -0.15) is 0 Å². The highest BCUT2D eigenvalue weighted by Gasteiger charge is 2.33. The van der Waals surface area contributed by atoms with Crippen LogP contribution in [0.25, 0.3) is 0 Å². The summed E-state index contributed by atoms with van der Waals surface area (Å²) in [6.45, 7) is 6.58. The van der Waals surface area contributed by atoms with Crippen LogP contribution in [0.15, 0.2) is 36.4 Å². The number of benzene rings is 2. The van der Waals surface area contributed by atoms with E-state index in [0.717, 1.165) is 16.8 Å². The maximum absolute atomic E-state index is 12.7. The highest BCUT2D eigenvalue weighted by Crippen LogP contribution is 2.26. The molecule has 6 heteroatoms. The SMILES string of the molecule is COc1ccc(C)cc1NC(=O)N[C@@H]1CCN(c2ccc(C)c(C)c2)C1=O. The molecule has 0 radical (unpaired) electrons. The van der Waals surface area contributed by atoms with Gasteiger partial charge in [0.2, 0.25) is 5.91 Å². The number of urea groups is 1. The average Bonchev–Trinajstić information content (AvgIpc) is 2.98. The van der Waals surface area contributed by atoms with E-state index in [-0.39, 0.29) is 5.91 Å². The van der Waals surface area contributed by atoms with Crippen LogP contribution in [-0.2, 0) is 4.79 Å². The summed E-state index contributed by atoms with van der Waals surface area (Å²) in [6, 6.07) is 10.5. The van der Waals surface area contributed by atoms with Gasteiger partial charge in [-0.15, -0.1) is 0 Å². The number of amides is 3. The minimum Gasteiger partial charge on any atom is -0.495 e. The molecule has 2 aromatic rings. The minimum atomic E-state index is -0.539. The normalized spacial score (nSPS) is 16.4. The van der Waals surface area contributed by atoms with Crippen molar-refractivity contribution in [2.24, 2.45) is 0 Å². The summed E-state index contributed by atoms with van der Waals surface area (Å²) in [6.07, 6.45) is 0.574. The maximum atomic E-state index is 12.7. The molecule has 6 nitrogen and oxygen atoms in total. The van der Waals surface area contributed by atoms with Crippen molar-refractivity contribution in [3.63, 3.8) is 0 Å². The zero-order valence-electron chi connectivity index (χ0n) is 16.1. The second kappa shape index (κ2) is 7.70. The van der Waals surface area contributed by atoms with Crippen LogP contribution in [0.1, 0.15) is 23.1 Å². The second-order valence-corrected chi connectivity index (χ2v) is 6.90. The van der Waals surface area contributed by atoms with Crippen molar-refractivity contribution in [2.75, 3.05) is 23.9 Å². The van der Waals surface area contributed by atoms with Crippen molar-refractivity contribution < 1.29 is 14.3 Å². The van der Waals surface area contributed by atoms with Crippen molar-refractivity contribution in [3.05, 3.63) is 53.1 Å². The summed E-state index contributed by atoms with van der Waals surface area (Å²) < 4.78 is 5.27. The first kappa shape index (κ1) is 18.8. The monoisotopic (exact) mass is 367 g/mol. The van der Waals surface area contributed by atoms with Crippen molar-refractivity contribution >= 4 is 23.3 Å². The van der Waals surface area contributed by atoms with Crippen LogP contribution in [0.4, 0.5) is 16.2 Å². The van der Waals surface area contributed by atoms with Crippen LogP contribution in [-0.4, -0.2) is 31.6 Å². The summed E-state index contributed by atoms with van der Waals surface area (Å²) in [4.78, 5) is 26.8. The molecule has 1 saturated heterocycles. The van der Waals surface area contributed by atoms with Crippen LogP contribution in [0, 0.1) is 20.8 Å². The number of ether oxygens (including phenoxy) is 1. The lowest BCUT2D eigenvalue weighted by molar-refractivity contribution is -0.118. The van der Waals surface area contributed by atoms with Crippen molar-refractivity contribution in [1.82, 2.24) is 5.32 Å². The molecule has 1 aliphatic rings. The van der Waals surface area contributed by atoms with Gasteiger partial charge in [-0.05, 0) is 68.1 Å². The predicted octanol–water partition coefficient (Wildman–Crippen LogP) is 3.55. The zero-order valence-corrected chi connectivity index (χ0v) is 16.1. The Balaban J connectivity index is 1.66. The third-order valence-corrected chi connectivity index (χ3v) is 4.92. The molecule has 1 atom stereocenters. The predicted molar refractivity (Wildman–Crippen MR) is 107 cm³/mol.